The monoisotopic (exact) mass is 301 g/mol. The first kappa shape index (κ1) is 17.7. The van der Waals surface area contributed by atoms with Crippen molar-refractivity contribution >= 4 is 12.0 Å². The Morgan fingerprint density at radius 3 is 2.52 bits per heavy atom. The van der Waals surface area contributed by atoms with Crippen molar-refractivity contribution in [3.05, 3.63) is 0 Å². The van der Waals surface area contributed by atoms with Gasteiger partial charge >= 0.3 is 12.0 Å². The molecule has 21 heavy (non-hydrogen) atoms. The quantitative estimate of drug-likeness (QED) is 0.612. The maximum absolute atomic E-state index is 11.8. The molecule has 2 amide bonds. The molecule has 0 aromatic carbocycles. The number of hydrogen-bond acceptors (Lipinski definition) is 4. The van der Waals surface area contributed by atoms with Gasteiger partial charge in [0.1, 0.15) is 0 Å². The summed E-state index contributed by atoms with van der Waals surface area (Å²) < 4.78 is 5.01. The van der Waals surface area contributed by atoms with E-state index in [9.17, 15) is 9.59 Å². The molecular formula is C14H27N3O4. The lowest BCUT2D eigenvalue weighted by Gasteiger charge is -2.29. The number of carbonyl (C=O) groups excluding carboxylic acids is 1. The predicted octanol–water partition coefficient (Wildman–Crippen LogP) is 0.650. The Labute approximate surface area is 126 Å². The number of aliphatic carboxylic acids is 1. The lowest BCUT2D eigenvalue weighted by Crippen LogP contribution is -2.48. The van der Waals surface area contributed by atoms with Gasteiger partial charge in [-0.05, 0) is 32.9 Å². The fourth-order valence-corrected chi connectivity index (χ4v) is 2.49. The molecule has 0 aromatic rings. The fourth-order valence-electron chi connectivity index (χ4n) is 2.49. The van der Waals surface area contributed by atoms with Crippen molar-refractivity contribution in [1.29, 1.82) is 0 Å². The lowest BCUT2D eigenvalue weighted by molar-refractivity contribution is -0.139. The summed E-state index contributed by atoms with van der Waals surface area (Å²) in [4.78, 5) is 24.7. The first-order valence-electron chi connectivity index (χ1n) is 7.52. The van der Waals surface area contributed by atoms with Crippen molar-refractivity contribution < 1.29 is 19.4 Å². The van der Waals surface area contributed by atoms with Crippen LogP contribution in [-0.2, 0) is 9.53 Å². The second-order valence-corrected chi connectivity index (χ2v) is 5.57. The first-order chi connectivity index (χ1) is 10.0. The molecule has 0 bridgehead atoms. The van der Waals surface area contributed by atoms with Crippen LogP contribution in [0.4, 0.5) is 4.79 Å². The third kappa shape index (κ3) is 7.87. The highest BCUT2D eigenvalue weighted by molar-refractivity contribution is 5.74. The summed E-state index contributed by atoms with van der Waals surface area (Å²) >= 11 is 0. The molecule has 1 heterocycles. The summed E-state index contributed by atoms with van der Waals surface area (Å²) in [6.07, 6.45) is 3.11. The van der Waals surface area contributed by atoms with Crippen LogP contribution >= 0.6 is 0 Å². The van der Waals surface area contributed by atoms with Crippen LogP contribution in [0.3, 0.4) is 0 Å². The first-order valence-corrected chi connectivity index (χ1v) is 7.52. The third-order valence-corrected chi connectivity index (χ3v) is 3.58. The highest BCUT2D eigenvalue weighted by Crippen LogP contribution is 2.08. The summed E-state index contributed by atoms with van der Waals surface area (Å²) in [5.41, 5.74) is 0. The number of nitrogens with one attached hydrogen (secondary N) is 2. The van der Waals surface area contributed by atoms with Crippen LogP contribution in [0, 0.1) is 0 Å². The third-order valence-electron chi connectivity index (χ3n) is 3.58. The second kappa shape index (κ2) is 9.57. The number of ether oxygens (including phenoxy) is 1. The van der Waals surface area contributed by atoms with Crippen molar-refractivity contribution in [3.8, 4) is 0 Å². The SMILES string of the molecule is COC(CNC(=O)NC(C)CN1CCCCC1)CC(=O)O. The van der Waals surface area contributed by atoms with Gasteiger partial charge in [0.15, 0.2) is 0 Å². The van der Waals surface area contributed by atoms with Gasteiger partial charge < -0.3 is 25.4 Å². The average molecular weight is 301 g/mol. The number of piperidine rings is 1. The van der Waals surface area contributed by atoms with Crippen molar-refractivity contribution in [3.63, 3.8) is 0 Å². The Balaban J connectivity index is 2.20. The van der Waals surface area contributed by atoms with Gasteiger partial charge in [-0.3, -0.25) is 4.79 Å². The van der Waals surface area contributed by atoms with Crippen LogP contribution in [0.25, 0.3) is 0 Å². The summed E-state index contributed by atoms with van der Waals surface area (Å²) in [5.74, 6) is -0.942. The number of likely N-dealkylation sites (tertiary alicyclic amines) is 1. The zero-order valence-corrected chi connectivity index (χ0v) is 12.9. The molecular weight excluding hydrogens is 274 g/mol. The number of carboxylic acids is 1. The van der Waals surface area contributed by atoms with E-state index < -0.39 is 12.1 Å². The topological polar surface area (TPSA) is 90.9 Å². The summed E-state index contributed by atoms with van der Waals surface area (Å²) in [5, 5.41) is 14.2. The molecule has 0 aliphatic carbocycles. The highest BCUT2D eigenvalue weighted by Gasteiger charge is 2.16. The molecule has 0 saturated carbocycles. The van der Waals surface area contributed by atoms with Gasteiger partial charge in [-0.15, -0.1) is 0 Å². The molecule has 0 radical (unpaired) electrons. The summed E-state index contributed by atoms with van der Waals surface area (Å²) in [6, 6.07) is -0.226. The predicted molar refractivity (Wildman–Crippen MR) is 79.3 cm³/mol. The van der Waals surface area contributed by atoms with E-state index >= 15 is 0 Å². The second-order valence-electron chi connectivity index (χ2n) is 5.57. The van der Waals surface area contributed by atoms with E-state index in [1.54, 1.807) is 0 Å². The molecule has 1 aliphatic rings. The van der Waals surface area contributed by atoms with Crippen LogP contribution in [0.2, 0.25) is 0 Å². The molecule has 7 nitrogen and oxygen atoms in total. The van der Waals surface area contributed by atoms with Crippen LogP contribution in [0.5, 0.6) is 0 Å². The summed E-state index contributed by atoms with van der Waals surface area (Å²) in [6.45, 7) is 5.19. The average Bonchev–Trinajstić information content (AvgIpc) is 2.44. The molecule has 1 fully saturated rings. The van der Waals surface area contributed by atoms with Crippen molar-refractivity contribution in [1.82, 2.24) is 15.5 Å². The van der Waals surface area contributed by atoms with E-state index in [-0.39, 0.29) is 25.0 Å². The van der Waals surface area contributed by atoms with Gasteiger partial charge in [0, 0.05) is 26.2 Å². The van der Waals surface area contributed by atoms with Crippen molar-refractivity contribution in [2.24, 2.45) is 0 Å². The molecule has 0 aromatic heterocycles. The zero-order chi connectivity index (χ0) is 15.7. The molecule has 3 N–H and O–H groups in total. The number of hydrogen-bond donors (Lipinski definition) is 3. The van der Waals surface area contributed by atoms with Gasteiger partial charge in [0.2, 0.25) is 0 Å². The highest BCUT2D eigenvalue weighted by atomic mass is 16.5. The number of methoxy groups -OCH3 is 1. The minimum atomic E-state index is -0.942. The van der Waals surface area contributed by atoms with Crippen LogP contribution < -0.4 is 10.6 Å². The summed E-state index contributed by atoms with van der Waals surface area (Å²) in [7, 11) is 1.44. The Bertz CT molecular complexity index is 332. The standard InChI is InChI=1S/C14H27N3O4/c1-11(10-17-6-4-3-5-7-17)16-14(20)15-9-12(21-2)8-13(18)19/h11-12H,3-10H2,1-2H3,(H,18,19)(H2,15,16,20). The zero-order valence-electron chi connectivity index (χ0n) is 12.9. The number of rotatable bonds is 8. The molecule has 122 valence electrons. The van der Waals surface area contributed by atoms with Gasteiger partial charge in [0.05, 0.1) is 12.5 Å². The van der Waals surface area contributed by atoms with Gasteiger partial charge in [-0.2, -0.15) is 0 Å². The smallest absolute Gasteiger partial charge is 0.315 e. The fraction of sp³-hybridized carbons (Fsp3) is 0.857. The van der Waals surface area contributed by atoms with Crippen molar-refractivity contribution in [2.75, 3.05) is 33.3 Å². The number of carboxylic acid groups (broad SMARTS) is 1. The van der Waals surface area contributed by atoms with E-state index in [0.29, 0.717) is 0 Å². The van der Waals surface area contributed by atoms with Crippen LogP contribution in [0.15, 0.2) is 0 Å². The van der Waals surface area contributed by atoms with E-state index in [2.05, 4.69) is 15.5 Å². The normalized spacial score (nSPS) is 18.8. The Morgan fingerprint density at radius 1 is 1.29 bits per heavy atom. The molecule has 2 unspecified atom stereocenters. The molecule has 2 atom stereocenters. The number of carbonyl (C=O) groups is 2. The van der Waals surface area contributed by atoms with Crippen LogP contribution in [-0.4, -0.2) is 67.4 Å². The molecule has 7 heteroatoms. The Hall–Kier alpha value is -1.34. The Kier molecular flexibility index (Phi) is 8.07. The maximum atomic E-state index is 11.8. The lowest BCUT2D eigenvalue weighted by atomic mass is 10.1. The van der Waals surface area contributed by atoms with Crippen molar-refractivity contribution in [2.45, 2.75) is 44.8 Å². The minimum absolute atomic E-state index is 0.0589. The van der Waals surface area contributed by atoms with Gasteiger partial charge in [-0.1, -0.05) is 6.42 Å². The minimum Gasteiger partial charge on any atom is -0.481 e. The number of amides is 2. The van der Waals surface area contributed by atoms with Gasteiger partial charge in [0.25, 0.3) is 0 Å². The van der Waals surface area contributed by atoms with E-state index in [1.807, 2.05) is 6.92 Å². The maximum Gasteiger partial charge on any atom is 0.315 e. The molecule has 1 aliphatic heterocycles. The number of urea groups is 1. The van der Waals surface area contributed by atoms with Crippen LogP contribution in [0.1, 0.15) is 32.6 Å². The van der Waals surface area contributed by atoms with E-state index in [1.165, 1.54) is 26.4 Å². The Morgan fingerprint density at radius 2 is 1.95 bits per heavy atom. The number of nitrogens with zero attached hydrogens (tertiary/aromatic N) is 1. The molecule has 0 spiro atoms. The largest absolute Gasteiger partial charge is 0.481 e. The van der Waals surface area contributed by atoms with E-state index in [4.69, 9.17) is 9.84 Å². The molecule has 1 rings (SSSR count). The molecule has 1 saturated heterocycles. The van der Waals surface area contributed by atoms with E-state index in [0.717, 1.165) is 19.6 Å². The van der Waals surface area contributed by atoms with Gasteiger partial charge in [-0.25, -0.2) is 4.79 Å².